The van der Waals surface area contributed by atoms with Crippen molar-refractivity contribution in [3.8, 4) is 17.6 Å². The average Bonchev–Trinajstić information content (AvgIpc) is 2.22. The molecule has 0 aliphatic heterocycles. The largest absolute Gasteiger partial charge is 0.506 e. The fourth-order valence-electron chi connectivity index (χ4n) is 1.04. The minimum Gasteiger partial charge on any atom is -0.506 e. The molecule has 0 bridgehead atoms. The predicted octanol–water partition coefficient (Wildman–Crippen LogP) is 2.00. The highest BCUT2D eigenvalue weighted by Gasteiger charge is 1.95. The molecule has 1 rings (SSSR count). The van der Waals surface area contributed by atoms with Crippen LogP contribution in [0.4, 0.5) is 5.69 Å². The van der Waals surface area contributed by atoms with Gasteiger partial charge in [-0.2, -0.15) is 0 Å². The second-order valence-electron chi connectivity index (χ2n) is 3.17. The zero-order valence-electron chi connectivity index (χ0n) is 8.99. The first kappa shape index (κ1) is 12.5. The Morgan fingerprint density at radius 3 is 2.94 bits per heavy atom. The summed E-state index contributed by atoms with van der Waals surface area (Å²) in [6.07, 6.45) is 0.658. The van der Waals surface area contributed by atoms with E-state index < -0.39 is 0 Å². The van der Waals surface area contributed by atoms with Crippen molar-refractivity contribution < 1.29 is 9.90 Å². The average molecular weight is 235 g/mol. The summed E-state index contributed by atoms with van der Waals surface area (Å²) in [5.41, 5.74) is 6.61. The van der Waals surface area contributed by atoms with Crippen LogP contribution in [0.3, 0.4) is 0 Å². The molecular weight excluding hydrogens is 222 g/mol. The lowest BCUT2D eigenvalue weighted by Gasteiger charge is -1.97. The molecule has 3 nitrogen and oxygen atoms in total. The van der Waals surface area contributed by atoms with Crippen LogP contribution < -0.4 is 5.73 Å². The van der Waals surface area contributed by atoms with Crippen molar-refractivity contribution in [3.63, 3.8) is 0 Å². The van der Waals surface area contributed by atoms with Gasteiger partial charge >= 0.3 is 0 Å². The molecule has 0 radical (unpaired) electrons. The Morgan fingerprint density at radius 2 is 2.31 bits per heavy atom. The van der Waals surface area contributed by atoms with E-state index in [1.165, 1.54) is 17.8 Å². The van der Waals surface area contributed by atoms with Crippen LogP contribution in [0.1, 0.15) is 18.9 Å². The molecule has 0 aliphatic carbocycles. The summed E-state index contributed by atoms with van der Waals surface area (Å²) in [7, 11) is 0. The molecule has 1 aromatic carbocycles. The van der Waals surface area contributed by atoms with Crippen LogP contribution in [0.25, 0.3) is 0 Å². The highest BCUT2D eigenvalue weighted by atomic mass is 32.2. The summed E-state index contributed by atoms with van der Waals surface area (Å²) in [6, 6.07) is 4.85. The molecule has 0 spiro atoms. The van der Waals surface area contributed by atoms with Crippen molar-refractivity contribution in [1.82, 2.24) is 0 Å². The number of anilines is 1. The fraction of sp³-hybridized carbons (Fsp3) is 0.250. The number of phenols is 1. The molecule has 0 heterocycles. The van der Waals surface area contributed by atoms with E-state index in [0.29, 0.717) is 17.9 Å². The maximum absolute atomic E-state index is 10.6. The molecule has 0 amide bonds. The topological polar surface area (TPSA) is 63.3 Å². The van der Waals surface area contributed by atoms with E-state index >= 15 is 0 Å². The quantitative estimate of drug-likeness (QED) is 0.356. The second kappa shape index (κ2) is 6.09. The third kappa shape index (κ3) is 4.28. The van der Waals surface area contributed by atoms with Crippen LogP contribution >= 0.6 is 11.8 Å². The van der Waals surface area contributed by atoms with E-state index in [1.807, 2.05) is 0 Å². The van der Waals surface area contributed by atoms with E-state index in [4.69, 9.17) is 5.73 Å². The molecule has 0 saturated heterocycles. The van der Waals surface area contributed by atoms with Gasteiger partial charge in [0.1, 0.15) is 5.75 Å². The fourth-order valence-corrected chi connectivity index (χ4v) is 1.53. The molecule has 0 fully saturated rings. The normalized spacial score (nSPS) is 9.31. The Labute approximate surface area is 99.0 Å². The number of thioether (sulfide) groups is 1. The Hall–Kier alpha value is -1.60. The van der Waals surface area contributed by atoms with Crippen LogP contribution in [0.2, 0.25) is 0 Å². The lowest BCUT2D eigenvalue weighted by atomic mass is 10.2. The summed E-state index contributed by atoms with van der Waals surface area (Å²) in [5.74, 6) is 6.64. The third-order valence-corrected chi connectivity index (χ3v) is 2.61. The molecule has 0 aromatic heterocycles. The molecule has 4 heteroatoms. The highest BCUT2D eigenvalue weighted by Crippen LogP contribution is 2.19. The standard InChI is InChI=1S/C12H13NO2S/c1-9(14)16-7-3-2-4-10-5-6-12(15)11(13)8-10/h5-6,8,15H,3,7,13H2,1H3. The number of benzene rings is 1. The molecule has 0 atom stereocenters. The molecule has 0 unspecified atom stereocenters. The molecule has 1 aromatic rings. The first-order chi connectivity index (χ1) is 7.59. The molecule has 3 N–H and O–H groups in total. The Bertz CT molecular complexity index is 446. The SMILES string of the molecule is CC(=O)SCCC#Cc1ccc(O)c(N)c1. The van der Waals surface area contributed by atoms with Crippen molar-refractivity contribution in [1.29, 1.82) is 0 Å². The summed E-state index contributed by atoms with van der Waals surface area (Å²) in [4.78, 5) is 10.6. The summed E-state index contributed by atoms with van der Waals surface area (Å²) in [5, 5.41) is 9.31. The van der Waals surface area contributed by atoms with Crippen molar-refractivity contribution in [2.24, 2.45) is 0 Å². The van der Waals surface area contributed by atoms with Gasteiger partial charge in [0.15, 0.2) is 5.12 Å². The van der Waals surface area contributed by atoms with Crippen LogP contribution in [0.15, 0.2) is 18.2 Å². The molecule has 84 valence electrons. The predicted molar refractivity (Wildman–Crippen MR) is 67.2 cm³/mol. The van der Waals surface area contributed by atoms with E-state index in [0.717, 1.165) is 5.56 Å². The highest BCUT2D eigenvalue weighted by molar-refractivity contribution is 8.13. The number of hydrogen-bond acceptors (Lipinski definition) is 4. The van der Waals surface area contributed by atoms with E-state index in [-0.39, 0.29) is 10.9 Å². The van der Waals surface area contributed by atoms with Crippen LogP contribution in [0, 0.1) is 11.8 Å². The van der Waals surface area contributed by atoms with Crippen molar-refractivity contribution in [2.45, 2.75) is 13.3 Å². The number of rotatable bonds is 2. The maximum atomic E-state index is 10.6. The van der Waals surface area contributed by atoms with Crippen LogP contribution in [-0.4, -0.2) is 16.0 Å². The third-order valence-electron chi connectivity index (χ3n) is 1.79. The van der Waals surface area contributed by atoms with Gasteiger partial charge in [-0.1, -0.05) is 23.6 Å². The summed E-state index contributed by atoms with van der Waals surface area (Å²) < 4.78 is 0. The zero-order valence-corrected chi connectivity index (χ0v) is 9.80. The summed E-state index contributed by atoms with van der Waals surface area (Å²) in [6.45, 7) is 1.54. The van der Waals surface area contributed by atoms with Gasteiger partial charge < -0.3 is 10.8 Å². The first-order valence-corrected chi connectivity index (χ1v) is 5.79. The smallest absolute Gasteiger partial charge is 0.185 e. The van der Waals surface area contributed by atoms with E-state index in [1.54, 1.807) is 19.1 Å². The number of phenolic OH excluding ortho intramolecular Hbond substituents is 1. The van der Waals surface area contributed by atoms with Gasteiger partial charge in [-0.15, -0.1) is 0 Å². The number of hydrogen-bond donors (Lipinski definition) is 2. The van der Waals surface area contributed by atoms with Crippen molar-refractivity contribution >= 4 is 22.6 Å². The lowest BCUT2D eigenvalue weighted by molar-refractivity contribution is -0.109. The minimum absolute atomic E-state index is 0.0673. The van der Waals surface area contributed by atoms with Crippen LogP contribution in [0.5, 0.6) is 5.75 Å². The molecule has 0 aliphatic rings. The second-order valence-corrected chi connectivity index (χ2v) is 4.44. The Balaban J connectivity index is 2.50. The molecule has 16 heavy (non-hydrogen) atoms. The van der Waals surface area contributed by atoms with E-state index in [9.17, 15) is 9.90 Å². The van der Waals surface area contributed by atoms with Gasteiger partial charge in [0.05, 0.1) is 5.69 Å². The van der Waals surface area contributed by atoms with Gasteiger partial charge in [0, 0.05) is 24.7 Å². The number of nitrogens with two attached hydrogens (primary N) is 1. The van der Waals surface area contributed by atoms with Gasteiger partial charge in [-0.3, -0.25) is 4.79 Å². The first-order valence-electron chi connectivity index (χ1n) is 4.80. The maximum Gasteiger partial charge on any atom is 0.185 e. The molecule has 0 saturated carbocycles. The van der Waals surface area contributed by atoms with Gasteiger partial charge in [0.2, 0.25) is 0 Å². The monoisotopic (exact) mass is 235 g/mol. The van der Waals surface area contributed by atoms with E-state index in [2.05, 4.69) is 11.8 Å². The van der Waals surface area contributed by atoms with Crippen molar-refractivity contribution in [3.05, 3.63) is 23.8 Å². The molecular formula is C12H13NO2S. The number of carbonyl (C=O) groups is 1. The van der Waals surface area contributed by atoms with Gasteiger partial charge in [-0.05, 0) is 18.2 Å². The summed E-state index contributed by atoms with van der Waals surface area (Å²) >= 11 is 1.27. The van der Waals surface area contributed by atoms with Gasteiger partial charge in [0.25, 0.3) is 0 Å². The zero-order chi connectivity index (χ0) is 12.0. The Morgan fingerprint density at radius 1 is 1.56 bits per heavy atom. The van der Waals surface area contributed by atoms with Crippen molar-refractivity contribution in [2.75, 3.05) is 11.5 Å². The van der Waals surface area contributed by atoms with Crippen LogP contribution in [-0.2, 0) is 4.79 Å². The minimum atomic E-state index is 0.0673. The van der Waals surface area contributed by atoms with Gasteiger partial charge in [-0.25, -0.2) is 0 Å². The Kier molecular flexibility index (Phi) is 4.74. The number of aromatic hydroxyl groups is 1. The number of carbonyl (C=O) groups excluding carboxylic acids is 1. The number of nitrogen functional groups attached to an aromatic ring is 1. The lowest BCUT2D eigenvalue weighted by Crippen LogP contribution is -1.87.